The van der Waals surface area contributed by atoms with Gasteiger partial charge in [0.1, 0.15) is 6.04 Å². The van der Waals surface area contributed by atoms with Crippen LogP contribution in [-0.2, 0) is 22.6 Å². The van der Waals surface area contributed by atoms with E-state index in [-0.39, 0.29) is 24.3 Å². The molecular formula is C24H32N2O2. The van der Waals surface area contributed by atoms with Gasteiger partial charge >= 0.3 is 0 Å². The first kappa shape index (κ1) is 21.7. The second-order valence-corrected chi connectivity index (χ2v) is 7.60. The van der Waals surface area contributed by atoms with E-state index in [0.717, 1.165) is 28.7 Å². The Kier molecular flexibility index (Phi) is 7.80. The van der Waals surface area contributed by atoms with Gasteiger partial charge in [-0.25, -0.2) is 0 Å². The maximum absolute atomic E-state index is 13.2. The number of hydrogen-bond acceptors (Lipinski definition) is 2. The van der Waals surface area contributed by atoms with Crippen molar-refractivity contribution >= 4 is 11.8 Å². The predicted molar refractivity (Wildman–Crippen MR) is 114 cm³/mol. The summed E-state index contributed by atoms with van der Waals surface area (Å²) in [7, 11) is 0. The Morgan fingerprint density at radius 2 is 1.64 bits per heavy atom. The monoisotopic (exact) mass is 380 g/mol. The SMILES string of the molecule is CC[C@H](C)NC(=O)[C@H](C)N(Cc1ccccc1C)C(=O)Cc1ccc(C)cc1. The number of rotatable bonds is 8. The van der Waals surface area contributed by atoms with Crippen molar-refractivity contribution in [1.82, 2.24) is 10.2 Å². The van der Waals surface area contributed by atoms with Crippen molar-refractivity contribution < 1.29 is 9.59 Å². The molecule has 4 nitrogen and oxygen atoms in total. The molecule has 0 heterocycles. The van der Waals surface area contributed by atoms with Gasteiger partial charge < -0.3 is 10.2 Å². The quantitative estimate of drug-likeness (QED) is 0.747. The Bertz CT molecular complexity index is 799. The summed E-state index contributed by atoms with van der Waals surface area (Å²) >= 11 is 0. The van der Waals surface area contributed by atoms with Gasteiger partial charge in [-0.3, -0.25) is 9.59 Å². The lowest BCUT2D eigenvalue weighted by atomic mass is 10.0. The molecule has 0 spiro atoms. The number of nitrogens with zero attached hydrogens (tertiary/aromatic N) is 1. The van der Waals surface area contributed by atoms with E-state index in [4.69, 9.17) is 0 Å². The normalized spacial score (nSPS) is 12.9. The Labute approximate surface area is 169 Å². The van der Waals surface area contributed by atoms with E-state index in [1.54, 1.807) is 4.90 Å². The first-order valence-corrected chi connectivity index (χ1v) is 10.0. The first-order valence-electron chi connectivity index (χ1n) is 10.0. The van der Waals surface area contributed by atoms with Crippen LogP contribution in [0, 0.1) is 13.8 Å². The van der Waals surface area contributed by atoms with Crippen LogP contribution in [0.1, 0.15) is 49.4 Å². The number of nitrogens with one attached hydrogen (secondary N) is 1. The summed E-state index contributed by atoms with van der Waals surface area (Å²) in [6.07, 6.45) is 1.14. The lowest BCUT2D eigenvalue weighted by Crippen LogP contribution is -2.50. The molecule has 0 bridgehead atoms. The topological polar surface area (TPSA) is 49.4 Å². The first-order chi connectivity index (χ1) is 13.3. The Morgan fingerprint density at radius 1 is 1.00 bits per heavy atom. The van der Waals surface area contributed by atoms with Crippen molar-refractivity contribution in [2.75, 3.05) is 0 Å². The predicted octanol–water partition coefficient (Wildman–Crippen LogP) is 4.18. The zero-order valence-corrected chi connectivity index (χ0v) is 17.7. The van der Waals surface area contributed by atoms with Crippen LogP contribution in [-0.4, -0.2) is 28.8 Å². The van der Waals surface area contributed by atoms with Crippen molar-refractivity contribution in [1.29, 1.82) is 0 Å². The summed E-state index contributed by atoms with van der Waals surface area (Å²) < 4.78 is 0. The molecule has 4 heteroatoms. The van der Waals surface area contributed by atoms with Gasteiger partial charge in [0, 0.05) is 12.6 Å². The molecule has 150 valence electrons. The highest BCUT2D eigenvalue weighted by Crippen LogP contribution is 2.16. The molecule has 0 saturated carbocycles. The second-order valence-electron chi connectivity index (χ2n) is 7.60. The van der Waals surface area contributed by atoms with E-state index in [0.29, 0.717) is 6.54 Å². The highest BCUT2D eigenvalue weighted by molar-refractivity contribution is 5.88. The Morgan fingerprint density at radius 3 is 2.25 bits per heavy atom. The van der Waals surface area contributed by atoms with Gasteiger partial charge in [-0.05, 0) is 50.8 Å². The molecule has 0 saturated heterocycles. The zero-order chi connectivity index (χ0) is 20.7. The third-order valence-corrected chi connectivity index (χ3v) is 5.25. The molecule has 0 aliphatic carbocycles. The van der Waals surface area contributed by atoms with Crippen LogP contribution >= 0.6 is 0 Å². The molecule has 2 aromatic rings. The Balaban J connectivity index is 2.23. The maximum Gasteiger partial charge on any atom is 0.242 e. The van der Waals surface area contributed by atoms with E-state index in [1.807, 2.05) is 83.1 Å². The molecular weight excluding hydrogens is 348 g/mol. The number of carbonyl (C=O) groups excluding carboxylic acids is 2. The van der Waals surface area contributed by atoms with Crippen LogP contribution in [0.2, 0.25) is 0 Å². The van der Waals surface area contributed by atoms with E-state index >= 15 is 0 Å². The van der Waals surface area contributed by atoms with Crippen molar-refractivity contribution in [3.05, 3.63) is 70.8 Å². The Hall–Kier alpha value is -2.62. The molecule has 28 heavy (non-hydrogen) atoms. The summed E-state index contributed by atoms with van der Waals surface area (Å²) in [4.78, 5) is 27.6. The number of aryl methyl sites for hydroxylation is 2. The zero-order valence-electron chi connectivity index (χ0n) is 17.7. The third kappa shape index (κ3) is 5.95. The minimum Gasteiger partial charge on any atom is -0.352 e. The minimum atomic E-state index is -0.536. The lowest BCUT2D eigenvalue weighted by molar-refractivity contribution is -0.140. The molecule has 2 atom stereocenters. The van der Waals surface area contributed by atoms with Crippen LogP contribution < -0.4 is 5.32 Å². The van der Waals surface area contributed by atoms with Crippen LogP contribution in [0.25, 0.3) is 0 Å². The fourth-order valence-electron chi connectivity index (χ4n) is 3.00. The fourth-order valence-corrected chi connectivity index (χ4v) is 3.00. The fraction of sp³-hybridized carbons (Fsp3) is 0.417. The summed E-state index contributed by atoms with van der Waals surface area (Å²) in [5, 5.41) is 3.00. The van der Waals surface area contributed by atoms with Gasteiger partial charge in [-0.2, -0.15) is 0 Å². The number of amides is 2. The van der Waals surface area contributed by atoms with E-state index in [9.17, 15) is 9.59 Å². The third-order valence-electron chi connectivity index (χ3n) is 5.25. The summed E-state index contributed by atoms with van der Waals surface area (Å²) in [5.41, 5.74) is 4.29. The average Bonchev–Trinajstić information content (AvgIpc) is 2.68. The average molecular weight is 381 g/mol. The van der Waals surface area contributed by atoms with Gasteiger partial charge in [0.2, 0.25) is 11.8 Å². The minimum absolute atomic E-state index is 0.0427. The lowest BCUT2D eigenvalue weighted by Gasteiger charge is -2.30. The van der Waals surface area contributed by atoms with Gasteiger partial charge in [0.15, 0.2) is 0 Å². The highest BCUT2D eigenvalue weighted by Gasteiger charge is 2.27. The molecule has 0 unspecified atom stereocenters. The summed E-state index contributed by atoms with van der Waals surface area (Å²) in [5.74, 6) is -0.154. The summed E-state index contributed by atoms with van der Waals surface area (Å²) in [6.45, 7) is 10.3. The van der Waals surface area contributed by atoms with Crippen molar-refractivity contribution in [2.45, 2.75) is 66.1 Å². The van der Waals surface area contributed by atoms with Crippen LogP contribution in [0.3, 0.4) is 0 Å². The molecule has 0 aliphatic rings. The summed E-state index contributed by atoms with van der Waals surface area (Å²) in [6, 6.07) is 15.5. The standard InChI is InChI=1S/C24H32N2O2/c1-6-19(4)25-24(28)20(5)26(16-22-10-8-7-9-18(22)3)23(27)15-21-13-11-17(2)12-14-21/h7-14,19-20H,6,15-16H2,1-5H3,(H,25,28)/t19-,20-/m0/s1. The molecule has 2 amide bonds. The molecule has 2 rings (SSSR count). The van der Waals surface area contributed by atoms with Crippen LogP contribution in [0.5, 0.6) is 0 Å². The highest BCUT2D eigenvalue weighted by atomic mass is 16.2. The number of carbonyl (C=O) groups is 2. The largest absolute Gasteiger partial charge is 0.352 e. The molecule has 0 aromatic heterocycles. The molecule has 0 aliphatic heterocycles. The van der Waals surface area contributed by atoms with Gasteiger partial charge in [0.25, 0.3) is 0 Å². The molecule has 0 radical (unpaired) electrons. The number of hydrogen-bond donors (Lipinski definition) is 1. The maximum atomic E-state index is 13.2. The van der Waals surface area contributed by atoms with E-state index < -0.39 is 6.04 Å². The molecule has 0 fully saturated rings. The van der Waals surface area contributed by atoms with Gasteiger partial charge in [0.05, 0.1) is 6.42 Å². The molecule has 2 aromatic carbocycles. The van der Waals surface area contributed by atoms with Gasteiger partial charge in [-0.1, -0.05) is 61.0 Å². The second kappa shape index (κ2) is 10.1. The van der Waals surface area contributed by atoms with E-state index in [1.165, 1.54) is 0 Å². The molecule has 1 N–H and O–H groups in total. The van der Waals surface area contributed by atoms with Crippen molar-refractivity contribution in [2.24, 2.45) is 0 Å². The van der Waals surface area contributed by atoms with E-state index in [2.05, 4.69) is 5.32 Å². The van der Waals surface area contributed by atoms with Crippen molar-refractivity contribution in [3.8, 4) is 0 Å². The van der Waals surface area contributed by atoms with Crippen molar-refractivity contribution in [3.63, 3.8) is 0 Å². The van der Waals surface area contributed by atoms with Crippen LogP contribution in [0.15, 0.2) is 48.5 Å². The number of benzene rings is 2. The smallest absolute Gasteiger partial charge is 0.242 e. The van der Waals surface area contributed by atoms with Gasteiger partial charge in [-0.15, -0.1) is 0 Å². The van der Waals surface area contributed by atoms with Crippen LogP contribution in [0.4, 0.5) is 0 Å².